The van der Waals surface area contributed by atoms with E-state index in [1.807, 2.05) is 42.5 Å². The summed E-state index contributed by atoms with van der Waals surface area (Å²) in [4.78, 5) is 30.8. The lowest BCUT2D eigenvalue weighted by molar-refractivity contribution is -0.128. The number of nitrogens with one attached hydrogen (secondary N) is 2. The van der Waals surface area contributed by atoms with Crippen LogP contribution in [0.2, 0.25) is 0 Å². The minimum atomic E-state index is -0.557. The maximum absolute atomic E-state index is 13.2. The van der Waals surface area contributed by atoms with Gasteiger partial charge in [-0.15, -0.1) is 0 Å². The normalized spacial score (nSPS) is 15.7. The number of carbonyl (C=O) groups excluding carboxylic acids is 2. The Kier molecular flexibility index (Phi) is 8.27. The average Bonchev–Trinajstić information content (AvgIpc) is 3.37. The van der Waals surface area contributed by atoms with Crippen molar-refractivity contribution < 1.29 is 14.3 Å². The number of carbonyl (C=O) groups is 2. The molecule has 2 N–H and O–H groups in total. The van der Waals surface area contributed by atoms with Gasteiger partial charge in [0, 0.05) is 26.4 Å². The van der Waals surface area contributed by atoms with Gasteiger partial charge in [-0.3, -0.25) is 9.59 Å². The third-order valence-corrected chi connectivity index (χ3v) is 6.12. The van der Waals surface area contributed by atoms with Crippen LogP contribution in [0, 0.1) is 11.3 Å². The molecule has 0 radical (unpaired) electrons. The van der Waals surface area contributed by atoms with Gasteiger partial charge in [0.25, 0.3) is 0 Å². The van der Waals surface area contributed by atoms with Crippen LogP contribution >= 0.6 is 0 Å². The summed E-state index contributed by atoms with van der Waals surface area (Å²) in [7, 11) is 0. The maximum Gasteiger partial charge on any atom is 0.247 e. The first-order chi connectivity index (χ1) is 17.5. The number of nitriles is 1. The molecule has 8 nitrogen and oxygen atoms in total. The molecule has 2 atom stereocenters. The molecule has 1 aromatic heterocycles. The Balaban J connectivity index is 1.35. The van der Waals surface area contributed by atoms with Crippen LogP contribution in [0.15, 0.2) is 72.9 Å². The van der Waals surface area contributed by atoms with Gasteiger partial charge in [-0.05, 0) is 41.8 Å². The van der Waals surface area contributed by atoms with Crippen molar-refractivity contribution in [3.8, 4) is 11.8 Å². The van der Waals surface area contributed by atoms with Gasteiger partial charge in [-0.1, -0.05) is 42.5 Å². The second kappa shape index (κ2) is 12.0. The number of hydrogen-bond acceptors (Lipinski definition) is 6. The molecule has 1 saturated heterocycles. The van der Waals surface area contributed by atoms with Gasteiger partial charge in [0.15, 0.2) is 0 Å². The van der Waals surface area contributed by atoms with Gasteiger partial charge in [-0.25, -0.2) is 4.98 Å². The lowest BCUT2D eigenvalue weighted by atomic mass is 10.1. The zero-order valence-electron chi connectivity index (χ0n) is 20.2. The molecular weight excluding hydrogens is 454 g/mol. The fourth-order valence-electron chi connectivity index (χ4n) is 4.14. The summed E-state index contributed by atoms with van der Waals surface area (Å²) in [6, 6.07) is 22.0. The summed E-state index contributed by atoms with van der Waals surface area (Å²) in [6.45, 7) is 3.41. The lowest BCUT2D eigenvalue weighted by Crippen LogP contribution is -2.34. The first-order valence-corrected chi connectivity index (χ1v) is 12.0. The first kappa shape index (κ1) is 24.9. The van der Waals surface area contributed by atoms with Gasteiger partial charge in [-0.2, -0.15) is 5.26 Å². The predicted octanol–water partition coefficient (Wildman–Crippen LogP) is 3.46. The fraction of sp³-hybridized carbons (Fsp3) is 0.286. The number of likely N-dealkylation sites (tertiary alicyclic amines) is 1. The van der Waals surface area contributed by atoms with Gasteiger partial charge >= 0.3 is 0 Å². The second-order valence-corrected chi connectivity index (χ2v) is 8.72. The van der Waals surface area contributed by atoms with E-state index in [9.17, 15) is 9.59 Å². The van der Waals surface area contributed by atoms with Gasteiger partial charge in [0.05, 0.1) is 24.4 Å². The number of amides is 2. The monoisotopic (exact) mass is 483 g/mol. The van der Waals surface area contributed by atoms with Crippen LogP contribution in [0.25, 0.3) is 0 Å². The van der Waals surface area contributed by atoms with E-state index in [0.29, 0.717) is 36.8 Å². The Morgan fingerprint density at radius 3 is 2.56 bits per heavy atom. The number of pyridine rings is 1. The van der Waals surface area contributed by atoms with Gasteiger partial charge in [0.1, 0.15) is 23.7 Å². The van der Waals surface area contributed by atoms with E-state index in [2.05, 4.69) is 21.7 Å². The Bertz CT molecular complexity index is 1210. The van der Waals surface area contributed by atoms with Crippen molar-refractivity contribution >= 4 is 17.6 Å². The minimum Gasteiger partial charge on any atom is -0.487 e. The molecule has 1 fully saturated rings. The molecule has 1 aliphatic rings. The number of benzene rings is 2. The summed E-state index contributed by atoms with van der Waals surface area (Å²) in [5.74, 6) is 0.869. The van der Waals surface area contributed by atoms with Crippen LogP contribution in [0.4, 0.5) is 5.82 Å². The Hall–Kier alpha value is -4.22. The summed E-state index contributed by atoms with van der Waals surface area (Å²) in [6.07, 6.45) is 3.03. The van der Waals surface area contributed by atoms with Gasteiger partial charge in [0.2, 0.25) is 11.8 Å². The SMILES string of the molecule is CC(=O)N1CC[C@@H](Oc2ccc(NC(=O)[C@H](NCCc3ccc(C#N)cc3)c3ccccc3)nc2)C1. The number of rotatable bonds is 9. The molecule has 4 rings (SSSR count). The average molecular weight is 484 g/mol. The van der Waals surface area contributed by atoms with Crippen LogP contribution in [0.3, 0.4) is 0 Å². The predicted molar refractivity (Wildman–Crippen MR) is 136 cm³/mol. The lowest BCUT2D eigenvalue weighted by Gasteiger charge is -2.19. The molecule has 36 heavy (non-hydrogen) atoms. The minimum absolute atomic E-state index is 0.0516. The first-order valence-electron chi connectivity index (χ1n) is 12.0. The third kappa shape index (κ3) is 6.68. The molecule has 3 aromatic rings. The Morgan fingerprint density at radius 2 is 1.92 bits per heavy atom. The second-order valence-electron chi connectivity index (χ2n) is 8.72. The fourth-order valence-corrected chi connectivity index (χ4v) is 4.14. The summed E-state index contributed by atoms with van der Waals surface area (Å²) in [5, 5.41) is 15.2. The number of anilines is 1. The van der Waals surface area contributed by atoms with Crippen LogP contribution in [0.1, 0.15) is 36.1 Å². The van der Waals surface area contributed by atoms with Crippen LogP contribution in [-0.4, -0.2) is 47.4 Å². The van der Waals surface area contributed by atoms with Crippen molar-refractivity contribution in [1.29, 1.82) is 5.26 Å². The molecule has 2 aromatic carbocycles. The molecule has 1 aliphatic heterocycles. The molecular formula is C28H29N5O3. The molecule has 8 heteroatoms. The topological polar surface area (TPSA) is 107 Å². The quantitative estimate of drug-likeness (QED) is 0.483. The van der Waals surface area contributed by atoms with Crippen molar-refractivity contribution in [2.24, 2.45) is 0 Å². The smallest absolute Gasteiger partial charge is 0.247 e. The van der Waals surface area contributed by atoms with Crippen molar-refractivity contribution in [2.45, 2.75) is 31.9 Å². The zero-order valence-corrected chi connectivity index (χ0v) is 20.2. The molecule has 2 heterocycles. The highest BCUT2D eigenvalue weighted by Crippen LogP contribution is 2.20. The van der Waals surface area contributed by atoms with Crippen molar-refractivity contribution in [2.75, 3.05) is 25.0 Å². The highest BCUT2D eigenvalue weighted by molar-refractivity contribution is 5.94. The molecule has 0 saturated carbocycles. The van der Waals surface area contributed by atoms with E-state index in [1.165, 1.54) is 0 Å². The largest absolute Gasteiger partial charge is 0.487 e. The van der Waals surface area contributed by atoms with E-state index in [0.717, 1.165) is 24.0 Å². The summed E-state index contributed by atoms with van der Waals surface area (Å²) in [5.41, 5.74) is 2.56. The molecule has 2 amide bonds. The van der Waals surface area contributed by atoms with E-state index in [-0.39, 0.29) is 17.9 Å². The third-order valence-electron chi connectivity index (χ3n) is 6.12. The maximum atomic E-state index is 13.2. The van der Waals surface area contributed by atoms with E-state index < -0.39 is 6.04 Å². The molecule has 0 unspecified atom stereocenters. The van der Waals surface area contributed by atoms with Crippen molar-refractivity contribution in [1.82, 2.24) is 15.2 Å². The van der Waals surface area contributed by atoms with Crippen LogP contribution in [0.5, 0.6) is 5.75 Å². The van der Waals surface area contributed by atoms with Crippen LogP contribution in [-0.2, 0) is 16.0 Å². The standard InChI is InChI=1S/C28H29N5O3/c1-20(34)33-16-14-25(19-33)36-24-11-12-26(31-18-24)32-28(35)27(23-5-3-2-4-6-23)30-15-13-21-7-9-22(17-29)10-8-21/h2-12,18,25,27,30H,13-16,19H2,1H3,(H,31,32,35)/t25-,27-/m1/s1. The number of nitrogens with zero attached hydrogens (tertiary/aromatic N) is 3. The van der Waals surface area contributed by atoms with Crippen LogP contribution < -0.4 is 15.4 Å². The molecule has 0 bridgehead atoms. The van der Waals surface area contributed by atoms with E-state index >= 15 is 0 Å². The van der Waals surface area contributed by atoms with Gasteiger partial charge < -0.3 is 20.3 Å². The van der Waals surface area contributed by atoms with E-state index in [1.54, 1.807) is 42.3 Å². The van der Waals surface area contributed by atoms with Crippen molar-refractivity contribution in [3.05, 3.63) is 89.6 Å². The van der Waals surface area contributed by atoms with Crippen molar-refractivity contribution in [3.63, 3.8) is 0 Å². The summed E-state index contributed by atoms with van der Waals surface area (Å²) < 4.78 is 5.94. The molecule has 0 aliphatic carbocycles. The number of ether oxygens (including phenoxy) is 1. The zero-order chi connectivity index (χ0) is 25.3. The molecule has 184 valence electrons. The number of aromatic nitrogens is 1. The Labute approximate surface area is 210 Å². The Morgan fingerprint density at radius 1 is 1.14 bits per heavy atom. The van der Waals surface area contributed by atoms with E-state index in [4.69, 9.17) is 10.00 Å². The number of hydrogen-bond donors (Lipinski definition) is 2. The highest BCUT2D eigenvalue weighted by Gasteiger charge is 2.26. The summed E-state index contributed by atoms with van der Waals surface area (Å²) >= 11 is 0. The molecule has 0 spiro atoms. The highest BCUT2D eigenvalue weighted by atomic mass is 16.5.